The maximum atomic E-state index is 9.21. The summed E-state index contributed by atoms with van der Waals surface area (Å²) in [6.45, 7) is 3.49. The van der Waals surface area contributed by atoms with Gasteiger partial charge in [0, 0.05) is 37.8 Å². The third kappa shape index (κ3) is 4.01. The van der Waals surface area contributed by atoms with Crippen LogP contribution >= 0.6 is 24.8 Å². The van der Waals surface area contributed by atoms with E-state index in [0.717, 1.165) is 26.2 Å². The van der Waals surface area contributed by atoms with Crippen LogP contribution in [-0.2, 0) is 0 Å². The van der Waals surface area contributed by atoms with E-state index in [0.29, 0.717) is 11.3 Å². The standard InChI is InChI=1S/C9H14BN3O2.2ClH/c14-10(15)8-2-1-3-12-9(8)13-6-4-11-5-7-13;;/h1-3,11,14-15H,4-7H2;2*1H. The highest BCUT2D eigenvalue weighted by Crippen LogP contribution is 2.08. The topological polar surface area (TPSA) is 68.6 Å². The third-order valence-electron chi connectivity index (χ3n) is 2.51. The first-order valence-electron chi connectivity index (χ1n) is 5.06. The normalized spacial score (nSPS) is 14.6. The van der Waals surface area contributed by atoms with Gasteiger partial charge in [0.25, 0.3) is 0 Å². The molecule has 0 saturated carbocycles. The van der Waals surface area contributed by atoms with E-state index in [2.05, 4.69) is 15.2 Å². The molecule has 1 saturated heterocycles. The molecule has 17 heavy (non-hydrogen) atoms. The summed E-state index contributed by atoms with van der Waals surface area (Å²) in [5.41, 5.74) is 0.472. The number of nitrogens with zero attached hydrogens (tertiary/aromatic N) is 2. The Morgan fingerprint density at radius 1 is 1.24 bits per heavy atom. The minimum atomic E-state index is -1.46. The molecule has 1 aliphatic heterocycles. The quantitative estimate of drug-likeness (QED) is 0.607. The summed E-state index contributed by atoms with van der Waals surface area (Å²) in [6.07, 6.45) is 1.67. The van der Waals surface area contributed by atoms with E-state index >= 15 is 0 Å². The molecule has 1 aromatic rings. The minimum absolute atomic E-state index is 0. The van der Waals surface area contributed by atoms with Gasteiger partial charge in [0.05, 0.1) is 0 Å². The van der Waals surface area contributed by atoms with Crippen LogP contribution in [0.15, 0.2) is 18.3 Å². The second-order valence-corrected chi connectivity index (χ2v) is 3.53. The zero-order chi connectivity index (χ0) is 10.7. The van der Waals surface area contributed by atoms with Crippen molar-refractivity contribution in [2.24, 2.45) is 0 Å². The van der Waals surface area contributed by atoms with E-state index < -0.39 is 7.12 Å². The number of piperazine rings is 1. The number of anilines is 1. The Hall–Kier alpha value is -0.525. The first-order chi connectivity index (χ1) is 7.29. The monoisotopic (exact) mass is 279 g/mol. The van der Waals surface area contributed by atoms with Crippen LogP contribution in [0.3, 0.4) is 0 Å². The van der Waals surface area contributed by atoms with Crippen LogP contribution in [0.25, 0.3) is 0 Å². The van der Waals surface area contributed by atoms with E-state index in [1.54, 1.807) is 18.3 Å². The molecule has 1 aromatic heterocycles. The molecule has 0 atom stereocenters. The predicted octanol–water partition coefficient (Wildman–Crippen LogP) is -0.985. The van der Waals surface area contributed by atoms with E-state index in [1.807, 2.05) is 0 Å². The minimum Gasteiger partial charge on any atom is -0.423 e. The molecule has 2 rings (SSSR count). The number of nitrogens with one attached hydrogen (secondary N) is 1. The van der Waals surface area contributed by atoms with Crippen molar-refractivity contribution in [3.05, 3.63) is 18.3 Å². The van der Waals surface area contributed by atoms with Crippen LogP contribution in [0, 0.1) is 0 Å². The van der Waals surface area contributed by atoms with Crippen LogP contribution in [0.4, 0.5) is 5.82 Å². The average Bonchev–Trinajstić information content (AvgIpc) is 2.30. The predicted molar refractivity (Wildman–Crippen MR) is 73.6 cm³/mol. The molecule has 0 aromatic carbocycles. The Morgan fingerprint density at radius 2 is 1.88 bits per heavy atom. The second-order valence-electron chi connectivity index (χ2n) is 3.53. The van der Waals surface area contributed by atoms with Gasteiger partial charge >= 0.3 is 7.12 Å². The van der Waals surface area contributed by atoms with Crippen molar-refractivity contribution in [2.45, 2.75) is 0 Å². The molecule has 0 spiro atoms. The number of pyridine rings is 1. The highest BCUT2D eigenvalue weighted by molar-refractivity contribution is 6.60. The van der Waals surface area contributed by atoms with Gasteiger partial charge in [-0.05, 0) is 6.07 Å². The fourth-order valence-electron chi connectivity index (χ4n) is 1.75. The smallest absolute Gasteiger partial charge is 0.423 e. The molecule has 3 N–H and O–H groups in total. The highest BCUT2D eigenvalue weighted by Gasteiger charge is 2.21. The van der Waals surface area contributed by atoms with Gasteiger partial charge in [-0.1, -0.05) is 6.07 Å². The summed E-state index contributed by atoms with van der Waals surface area (Å²) >= 11 is 0. The van der Waals surface area contributed by atoms with E-state index in [-0.39, 0.29) is 24.8 Å². The molecule has 8 heteroatoms. The summed E-state index contributed by atoms with van der Waals surface area (Å²) in [5.74, 6) is 0.675. The van der Waals surface area contributed by atoms with E-state index in [1.165, 1.54) is 0 Å². The SMILES string of the molecule is Cl.Cl.OB(O)c1cccnc1N1CCNCC1. The maximum absolute atomic E-state index is 9.21. The molecule has 96 valence electrons. The fraction of sp³-hybridized carbons (Fsp3) is 0.444. The van der Waals surface area contributed by atoms with Crippen LogP contribution < -0.4 is 15.7 Å². The lowest BCUT2D eigenvalue weighted by Gasteiger charge is -2.29. The zero-order valence-electron chi connectivity index (χ0n) is 9.24. The number of halogens is 2. The van der Waals surface area contributed by atoms with Gasteiger partial charge in [0.2, 0.25) is 0 Å². The summed E-state index contributed by atoms with van der Waals surface area (Å²) in [7, 11) is -1.46. The van der Waals surface area contributed by atoms with Crippen molar-refractivity contribution in [3.8, 4) is 0 Å². The first-order valence-corrected chi connectivity index (χ1v) is 5.06. The lowest BCUT2D eigenvalue weighted by atomic mass is 9.80. The molecule has 1 fully saturated rings. The van der Waals surface area contributed by atoms with Gasteiger partial charge in [-0.2, -0.15) is 0 Å². The van der Waals surface area contributed by atoms with Gasteiger partial charge < -0.3 is 20.3 Å². The maximum Gasteiger partial charge on any atom is 0.492 e. The van der Waals surface area contributed by atoms with Crippen molar-refractivity contribution < 1.29 is 10.0 Å². The van der Waals surface area contributed by atoms with Crippen LogP contribution in [0.2, 0.25) is 0 Å². The van der Waals surface area contributed by atoms with Gasteiger partial charge in [0.1, 0.15) is 5.82 Å². The third-order valence-corrected chi connectivity index (χ3v) is 2.51. The molecule has 0 radical (unpaired) electrons. The molecule has 0 amide bonds. The van der Waals surface area contributed by atoms with E-state index in [4.69, 9.17) is 0 Å². The number of hydrogen-bond donors (Lipinski definition) is 3. The summed E-state index contributed by atoms with van der Waals surface area (Å²) in [5, 5.41) is 21.7. The summed E-state index contributed by atoms with van der Waals surface area (Å²) in [4.78, 5) is 6.26. The molecule has 0 bridgehead atoms. The number of rotatable bonds is 2. The number of aromatic nitrogens is 1. The van der Waals surface area contributed by atoms with Crippen LogP contribution in [0.1, 0.15) is 0 Å². The molecular formula is C9H16BCl2N3O2. The second kappa shape index (κ2) is 7.73. The van der Waals surface area contributed by atoms with Gasteiger partial charge in [0.15, 0.2) is 0 Å². The van der Waals surface area contributed by atoms with Crippen LogP contribution in [-0.4, -0.2) is 48.3 Å². The average molecular weight is 280 g/mol. The van der Waals surface area contributed by atoms with Gasteiger partial charge in [-0.25, -0.2) is 4.98 Å². The Morgan fingerprint density at radius 3 is 2.47 bits per heavy atom. The fourth-order valence-corrected chi connectivity index (χ4v) is 1.75. The largest absolute Gasteiger partial charge is 0.492 e. The van der Waals surface area contributed by atoms with Crippen molar-refractivity contribution in [3.63, 3.8) is 0 Å². The van der Waals surface area contributed by atoms with Crippen molar-refractivity contribution in [1.82, 2.24) is 10.3 Å². The summed E-state index contributed by atoms with van der Waals surface area (Å²) < 4.78 is 0. The van der Waals surface area contributed by atoms with Crippen molar-refractivity contribution >= 4 is 43.2 Å². The number of hydrogen-bond acceptors (Lipinski definition) is 5. The van der Waals surface area contributed by atoms with Crippen LogP contribution in [0.5, 0.6) is 0 Å². The molecule has 0 aliphatic carbocycles. The Bertz CT molecular complexity index is 338. The lowest BCUT2D eigenvalue weighted by molar-refractivity contribution is 0.425. The van der Waals surface area contributed by atoms with E-state index in [9.17, 15) is 10.0 Å². The highest BCUT2D eigenvalue weighted by atomic mass is 35.5. The molecular weight excluding hydrogens is 264 g/mol. The van der Waals surface area contributed by atoms with Gasteiger partial charge in [-0.15, -0.1) is 24.8 Å². The summed E-state index contributed by atoms with van der Waals surface area (Å²) in [6, 6.07) is 3.40. The Labute approximate surface area is 113 Å². The molecule has 2 heterocycles. The van der Waals surface area contributed by atoms with Gasteiger partial charge in [-0.3, -0.25) is 0 Å². The zero-order valence-corrected chi connectivity index (χ0v) is 10.9. The van der Waals surface area contributed by atoms with Crippen molar-refractivity contribution in [1.29, 1.82) is 0 Å². The molecule has 0 unspecified atom stereocenters. The lowest BCUT2D eigenvalue weighted by Crippen LogP contribution is -2.47. The Kier molecular flexibility index (Phi) is 7.50. The van der Waals surface area contributed by atoms with Crippen molar-refractivity contribution in [2.75, 3.05) is 31.1 Å². The Balaban J connectivity index is 0.00000128. The molecule has 5 nitrogen and oxygen atoms in total. The first kappa shape index (κ1) is 16.5. The molecule has 1 aliphatic rings.